The Hall–Kier alpha value is -2.61. The minimum atomic E-state index is -1.08. The van der Waals surface area contributed by atoms with E-state index in [4.69, 9.17) is 15.2 Å². The third-order valence-corrected chi connectivity index (χ3v) is 3.84. The van der Waals surface area contributed by atoms with E-state index in [1.807, 2.05) is 18.2 Å². The monoisotopic (exact) mass is 297 g/mol. The Labute approximate surface area is 130 Å². The number of benzene rings is 1. The van der Waals surface area contributed by atoms with Gasteiger partial charge >= 0.3 is 0 Å². The van der Waals surface area contributed by atoms with Crippen molar-refractivity contribution in [1.29, 1.82) is 5.26 Å². The highest BCUT2D eigenvalue weighted by Crippen LogP contribution is 2.44. The molecule has 1 atom stereocenters. The molecular formula is C17H19N3O2. The number of nitriles is 1. The largest absolute Gasteiger partial charge is 0.457 e. The molecule has 0 radical (unpaired) electrons. The molecule has 0 aliphatic carbocycles. The Morgan fingerprint density at radius 3 is 2.68 bits per heavy atom. The highest BCUT2D eigenvalue weighted by atomic mass is 16.5. The molecule has 1 unspecified atom stereocenters. The lowest BCUT2D eigenvalue weighted by molar-refractivity contribution is 0.175. The Balaban J connectivity index is 2.07. The van der Waals surface area contributed by atoms with Crippen molar-refractivity contribution >= 4 is 5.69 Å². The van der Waals surface area contributed by atoms with Crippen LogP contribution in [0.1, 0.15) is 33.3 Å². The van der Waals surface area contributed by atoms with Gasteiger partial charge in [-0.1, -0.05) is 26.8 Å². The number of anilines is 1. The highest BCUT2D eigenvalue weighted by molar-refractivity contribution is 5.68. The summed E-state index contributed by atoms with van der Waals surface area (Å²) < 4.78 is 11.3. The van der Waals surface area contributed by atoms with Gasteiger partial charge in [-0.15, -0.1) is 0 Å². The molecule has 2 aliphatic rings. The molecule has 5 nitrogen and oxygen atoms in total. The minimum absolute atomic E-state index is 0.0286. The van der Waals surface area contributed by atoms with Gasteiger partial charge in [-0.2, -0.15) is 5.26 Å². The summed E-state index contributed by atoms with van der Waals surface area (Å²) in [6, 6.07) is 8.09. The van der Waals surface area contributed by atoms with Gasteiger partial charge in [0.1, 0.15) is 17.6 Å². The molecule has 114 valence electrons. The fourth-order valence-corrected chi connectivity index (χ4v) is 2.69. The van der Waals surface area contributed by atoms with Gasteiger partial charge in [0.2, 0.25) is 11.6 Å². The van der Waals surface area contributed by atoms with E-state index in [2.05, 4.69) is 32.2 Å². The van der Waals surface area contributed by atoms with Crippen molar-refractivity contribution in [3.05, 3.63) is 47.1 Å². The van der Waals surface area contributed by atoms with Crippen molar-refractivity contribution in [2.45, 2.75) is 38.8 Å². The van der Waals surface area contributed by atoms with E-state index in [1.54, 1.807) is 13.0 Å². The van der Waals surface area contributed by atoms with E-state index in [9.17, 15) is 5.26 Å². The van der Waals surface area contributed by atoms with Crippen molar-refractivity contribution in [3.63, 3.8) is 0 Å². The van der Waals surface area contributed by atoms with Crippen molar-refractivity contribution in [2.24, 2.45) is 5.73 Å². The van der Waals surface area contributed by atoms with E-state index in [1.165, 1.54) is 5.56 Å². The van der Waals surface area contributed by atoms with Crippen LogP contribution in [0.25, 0.3) is 0 Å². The number of fused-ring (bicyclic) bond motifs is 1. The Kier molecular flexibility index (Phi) is 2.89. The lowest BCUT2D eigenvalue weighted by atomic mass is 9.87. The number of nitrogens with two attached hydrogens (primary N) is 1. The summed E-state index contributed by atoms with van der Waals surface area (Å²) in [5, 5.41) is 12.7. The number of allylic oxidation sites excluding steroid dienone is 1. The van der Waals surface area contributed by atoms with Crippen LogP contribution in [0.5, 0.6) is 5.75 Å². The molecule has 22 heavy (non-hydrogen) atoms. The van der Waals surface area contributed by atoms with E-state index in [0.717, 1.165) is 5.69 Å². The van der Waals surface area contributed by atoms with E-state index < -0.39 is 5.72 Å². The molecule has 1 aromatic carbocycles. The summed E-state index contributed by atoms with van der Waals surface area (Å²) in [4.78, 5) is 0. The van der Waals surface area contributed by atoms with Gasteiger partial charge in [0, 0.05) is 6.08 Å². The minimum Gasteiger partial charge on any atom is -0.457 e. The topological polar surface area (TPSA) is 80.3 Å². The van der Waals surface area contributed by atoms with E-state index in [-0.39, 0.29) is 16.9 Å². The Morgan fingerprint density at radius 2 is 2.05 bits per heavy atom. The summed E-state index contributed by atoms with van der Waals surface area (Å²) in [5.74, 6) is 1.35. The second-order valence-corrected chi connectivity index (χ2v) is 6.63. The molecule has 3 N–H and O–H groups in total. The van der Waals surface area contributed by atoms with Crippen LogP contribution in [0, 0.1) is 11.3 Å². The third-order valence-electron chi connectivity index (χ3n) is 3.84. The number of rotatable bonds is 0. The average molecular weight is 297 g/mol. The SMILES string of the molecule is CC1=CC2(Nc3cc(C(C)(C)C)ccc3O2)C(C#N)=C(N)O1. The van der Waals surface area contributed by atoms with Crippen molar-refractivity contribution < 1.29 is 9.47 Å². The maximum absolute atomic E-state index is 9.42. The molecule has 0 fully saturated rings. The first-order chi connectivity index (χ1) is 10.2. The van der Waals surface area contributed by atoms with Crippen LogP contribution in [0.2, 0.25) is 0 Å². The fraction of sp³-hybridized carbons (Fsp3) is 0.353. The fourth-order valence-electron chi connectivity index (χ4n) is 2.69. The molecule has 0 aromatic heterocycles. The molecule has 1 spiro atoms. The summed E-state index contributed by atoms with van der Waals surface area (Å²) in [7, 11) is 0. The third kappa shape index (κ3) is 2.08. The number of ether oxygens (including phenoxy) is 2. The smallest absolute Gasteiger partial charge is 0.245 e. The zero-order valence-corrected chi connectivity index (χ0v) is 13.2. The van der Waals surface area contributed by atoms with E-state index >= 15 is 0 Å². The Morgan fingerprint density at radius 1 is 1.32 bits per heavy atom. The first-order valence-electron chi connectivity index (χ1n) is 7.14. The van der Waals surface area contributed by atoms with Crippen molar-refractivity contribution in [3.8, 4) is 11.8 Å². The number of nitrogens with zero attached hydrogens (tertiary/aromatic N) is 1. The number of hydrogen-bond donors (Lipinski definition) is 2. The molecule has 3 rings (SSSR count). The molecule has 0 amide bonds. The van der Waals surface area contributed by atoms with Gasteiger partial charge < -0.3 is 20.5 Å². The average Bonchev–Trinajstić information content (AvgIpc) is 2.73. The van der Waals surface area contributed by atoms with Crippen LogP contribution in [0.15, 0.2) is 41.5 Å². The number of hydrogen-bond acceptors (Lipinski definition) is 5. The van der Waals surface area contributed by atoms with Crippen molar-refractivity contribution in [2.75, 3.05) is 5.32 Å². The second kappa shape index (κ2) is 4.44. The number of nitrogens with one attached hydrogen (secondary N) is 1. The second-order valence-electron chi connectivity index (χ2n) is 6.63. The van der Waals surface area contributed by atoms with Crippen LogP contribution in [-0.2, 0) is 10.2 Å². The predicted octanol–water partition coefficient (Wildman–Crippen LogP) is 3.11. The maximum atomic E-state index is 9.42. The standard InChI is InChI=1S/C17H19N3O2/c1-10-8-17(12(9-18)15(19)21-10)20-13-7-11(16(2,3)4)5-6-14(13)22-17/h5-8,20H,19H2,1-4H3. The Bertz CT molecular complexity index is 750. The lowest BCUT2D eigenvalue weighted by Gasteiger charge is -2.30. The van der Waals surface area contributed by atoms with Gasteiger partial charge in [0.15, 0.2) is 5.57 Å². The normalized spacial score (nSPS) is 23.1. The van der Waals surface area contributed by atoms with Gasteiger partial charge in [-0.05, 0) is 30.0 Å². The zero-order chi connectivity index (χ0) is 16.1. The molecular weight excluding hydrogens is 278 g/mol. The van der Waals surface area contributed by atoms with E-state index in [0.29, 0.717) is 11.5 Å². The first-order valence-corrected chi connectivity index (χ1v) is 7.14. The van der Waals surface area contributed by atoms with Crippen LogP contribution in [-0.4, -0.2) is 5.72 Å². The highest BCUT2D eigenvalue weighted by Gasteiger charge is 2.46. The molecule has 0 saturated carbocycles. The van der Waals surface area contributed by atoms with Gasteiger partial charge in [0.25, 0.3) is 0 Å². The molecule has 2 aliphatic heterocycles. The van der Waals surface area contributed by atoms with Crippen LogP contribution < -0.4 is 15.8 Å². The molecule has 2 heterocycles. The predicted molar refractivity (Wildman–Crippen MR) is 83.8 cm³/mol. The van der Waals surface area contributed by atoms with Crippen LogP contribution in [0.3, 0.4) is 0 Å². The lowest BCUT2D eigenvalue weighted by Crippen LogP contribution is -2.44. The van der Waals surface area contributed by atoms with Crippen molar-refractivity contribution in [1.82, 2.24) is 0 Å². The zero-order valence-electron chi connectivity index (χ0n) is 13.2. The summed E-state index contributed by atoms with van der Waals surface area (Å²) in [6.07, 6.45) is 1.73. The maximum Gasteiger partial charge on any atom is 0.245 e. The summed E-state index contributed by atoms with van der Waals surface area (Å²) in [5.41, 5.74) is 7.05. The summed E-state index contributed by atoms with van der Waals surface area (Å²) >= 11 is 0. The van der Waals surface area contributed by atoms with Gasteiger partial charge in [-0.3, -0.25) is 0 Å². The summed E-state index contributed by atoms with van der Waals surface area (Å²) in [6.45, 7) is 8.23. The van der Waals surface area contributed by atoms with Crippen LogP contribution >= 0.6 is 0 Å². The first kappa shape index (κ1) is 14.3. The van der Waals surface area contributed by atoms with Gasteiger partial charge in [-0.25, -0.2) is 0 Å². The van der Waals surface area contributed by atoms with Crippen LogP contribution in [0.4, 0.5) is 5.69 Å². The molecule has 5 heteroatoms. The molecule has 1 aromatic rings. The van der Waals surface area contributed by atoms with Gasteiger partial charge in [0.05, 0.1) is 5.69 Å². The molecule has 0 saturated heterocycles. The molecule has 0 bridgehead atoms. The quantitative estimate of drug-likeness (QED) is 0.769.